The molecule has 0 aliphatic heterocycles. The Hall–Kier alpha value is -3.16. The van der Waals surface area contributed by atoms with Crippen LogP contribution in [0.15, 0.2) is 79.4 Å². The van der Waals surface area contributed by atoms with Crippen molar-refractivity contribution in [2.75, 3.05) is 14.1 Å². The van der Waals surface area contributed by atoms with E-state index in [1.54, 1.807) is 0 Å². The van der Waals surface area contributed by atoms with Gasteiger partial charge in [-0.2, -0.15) is 0 Å². The molecule has 0 unspecified atom stereocenters. The Morgan fingerprint density at radius 2 is 1.38 bits per heavy atom. The number of esters is 1. The van der Waals surface area contributed by atoms with E-state index in [0.717, 1.165) is 27.5 Å². The molecule has 0 N–H and O–H groups in total. The third-order valence-corrected chi connectivity index (χ3v) is 4.98. The quantitative estimate of drug-likeness (QED) is 0.205. The number of ether oxygens (including phenoxy) is 1. The maximum absolute atomic E-state index is 12.1. The second-order valence-electron chi connectivity index (χ2n) is 6.90. The van der Waals surface area contributed by atoms with Crippen molar-refractivity contribution in [3.63, 3.8) is 0 Å². The van der Waals surface area contributed by atoms with Crippen LogP contribution in [0.4, 0.5) is 0 Å². The maximum Gasteiger partial charge on any atom is 0 e. The van der Waals surface area contributed by atoms with Gasteiger partial charge in [-0.3, -0.25) is 0 Å². The minimum atomic E-state index is -0.487. The summed E-state index contributed by atoms with van der Waals surface area (Å²) in [7, 11) is 4.09. The fourth-order valence-corrected chi connectivity index (χ4v) is 3.25. The summed E-state index contributed by atoms with van der Waals surface area (Å²) in [6.07, 6.45) is 0.727. The number of carbonyl (C=O) groups is 1. The van der Waals surface area contributed by atoms with Gasteiger partial charge >= 0.3 is 39.9 Å². The van der Waals surface area contributed by atoms with Gasteiger partial charge in [0.05, 0.1) is 0 Å². The second-order valence-corrected chi connectivity index (χ2v) is 6.90. The first-order chi connectivity index (χ1) is 16.0. The summed E-state index contributed by atoms with van der Waals surface area (Å²) in [5.74, 6) is -0.430. The van der Waals surface area contributed by atoms with Crippen molar-refractivity contribution in [3.05, 3.63) is 116 Å². The Kier molecular flexibility index (Phi) is 17.8. The van der Waals surface area contributed by atoms with Gasteiger partial charge in [0.2, 0.25) is 0 Å². The summed E-state index contributed by atoms with van der Waals surface area (Å²) in [5.41, 5.74) is 3.07. The first-order valence-electron chi connectivity index (χ1n) is 9.69. The van der Waals surface area contributed by atoms with E-state index in [4.69, 9.17) is 18.7 Å². The molecule has 0 aromatic heterocycles. The molecule has 3 aromatic rings. The molecule has 0 bridgehead atoms. The van der Waals surface area contributed by atoms with Crippen LogP contribution in [-0.4, -0.2) is 25.0 Å². The van der Waals surface area contributed by atoms with Crippen LogP contribution in [0.1, 0.15) is 35.8 Å². The van der Waals surface area contributed by atoms with E-state index >= 15 is 0 Å². The third-order valence-electron chi connectivity index (χ3n) is 4.98. The average molecular weight is 495 g/mol. The Morgan fingerprint density at radius 1 is 0.882 bits per heavy atom. The Balaban J connectivity index is 0. The molecule has 174 valence electrons. The summed E-state index contributed by atoms with van der Waals surface area (Å²) in [6.45, 7) is 19.2. The summed E-state index contributed by atoms with van der Waals surface area (Å²) in [6, 6.07) is 22.7. The first kappa shape index (κ1) is 33.0. The fraction of sp³-hybridized carbons (Fsp3) is 0.185. The molecule has 0 spiro atoms. The standard InChI is InChI=1S/C24H25NO2.3CO.Cr/c1-5-23(26)27-24(20-15-14-18-10-6-7-11-19(18)16-20)22-13-9-8-12-21(22)17(2)25(3)4;3*1-2;/h5-17,24H,1H2,2-4H3;;;;/t17-,24+;;;;/m1..../s1. The first-order valence-corrected chi connectivity index (χ1v) is 9.69. The van der Waals surface area contributed by atoms with Crippen LogP contribution in [0.3, 0.4) is 0 Å². The van der Waals surface area contributed by atoms with Crippen LogP contribution in [0.2, 0.25) is 0 Å². The van der Waals surface area contributed by atoms with Crippen molar-refractivity contribution in [2.45, 2.75) is 19.1 Å². The Morgan fingerprint density at radius 3 is 1.91 bits per heavy atom. The van der Waals surface area contributed by atoms with E-state index in [1.807, 2.05) is 50.5 Å². The van der Waals surface area contributed by atoms with E-state index in [1.165, 1.54) is 6.08 Å². The molecular weight excluding hydrogens is 470 g/mol. The predicted octanol–water partition coefficient (Wildman–Crippen LogP) is 5.17. The topological polar surface area (TPSA) is 89.2 Å². The number of hydrogen-bond acceptors (Lipinski definition) is 3. The van der Waals surface area contributed by atoms with E-state index in [-0.39, 0.29) is 23.4 Å². The molecule has 0 amide bonds. The molecule has 6 nitrogen and oxygen atoms in total. The number of nitrogens with zero attached hydrogens (tertiary/aromatic N) is 1. The van der Waals surface area contributed by atoms with E-state index in [9.17, 15) is 4.79 Å². The van der Waals surface area contributed by atoms with Crippen LogP contribution in [-0.2, 0) is 40.8 Å². The SMILES string of the molecule is C=CC(=O)O[C@@H](c1ccc2ccccc2c1)c1ccccc1[C@@H](C)N(C)C.[C-]#[O+].[C-]#[O+].[C-]#[O+].[Cr]. The van der Waals surface area contributed by atoms with Crippen molar-refractivity contribution in [3.8, 4) is 0 Å². The summed E-state index contributed by atoms with van der Waals surface area (Å²) in [5, 5.41) is 2.28. The van der Waals surface area contributed by atoms with Crippen molar-refractivity contribution in [1.29, 1.82) is 0 Å². The second kappa shape index (κ2) is 18.3. The maximum atomic E-state index is 12.1. The minimum Gasteiger partial charge on any atom is 0 e. The number of carbonyl (C=O) groups excluding carboxylic acids is 1. The fourth-order valence-electron chi connectivity index (χ4n) is 3.25. The van der Waals surface area contributed by atoms with E-state index < -0.39 is 12.1 Å². The third kappa shape index (κ3) is 9.00. The Bertz CT molecular complexity index is 1090. The largest absolute Gasteiger partial charge is 0 e. The van der Waals surface area contributed by atoms with Crippen molar-refractivity contribution in [2.24, 2.45) is 0 Å². The van der Waals surface area contributed by atoms with Gasteiger partial charge in [-0.05, 0) is 49.0 Å². The minimum absolute atomic E-state index is 0. The number of hydrogen-bond donors (Lipinski definition) is 0. The van der Waals surface area contributed by atoms with Crippen LogP contribution in [0, 0.1) is 20.0 Å². The average Bonchev–Trinajstić information content (AvgIpc) is 2.89. The molecule has 0 saturated heterocycles. The van der Waals surface area contributed by atoms with Gasteiger partial charge < -0.3 is 9.64 Å². The molecule has 34 heavy (non-hydrogen) atoms. The molecular formula is C27H25CrNO5. The molecule has 3 rings (SSSR count). The number of benzene rings is 3. The normalized spacial score (nSPS) is 10.8. The van der Waals surface area contributed by atoms with Crippen LogP contribution in [0.5, 0.6) is 0 Å². The van der Waals surface area contributed by atoms with Gasteiger partial charge in [0.15, 0.2) is 6.10 Å². The van der Waals surface area contributed by atoms with Crippen molar-refractivity contribution in [1.82, 2.24) is 4.90 Å². The summed E-state index contributed by atoms with van der Waals surface area (Å²) < 4.78 is 28.3. The Labute approximate surface area is 211 Å². The molecule has 3 aromatic carbocycles. The van der Waals surface area contributed by atoms with Crippen LogP contribution in [0.25, 0.3) is 10.8 Å². The van der Waals surface area contributed by atoms with Gasteiger partial charge in [-0.25, -0.2) is 4.79 Å². The van der Waals surface area contributed by atoms with Crippen LogP contribution >= 0.6 is 0 Å². The van der Waals surface area contributed by atoms with Gasteiger partial charge in [0.1, 0.15) is 0 Å². The van der Waals surface area contributed by atoms with Gasteiger partial charge in [-0.1, -0.05) is 67.2 Å². The zero-order chi connectivity index (χ0) is 25.4. The van der Waals surface area contributed by atoms with E-state index in [2.05, 4.69) is 68.7 Å². The molecule has 2 atom stereocenters. The zero-order valence-corrected chi connectivity index (χ0v) is 20.5. The van der Waals surface area contributed by atoms with Crippen LogP contribution < -0.4 is 0 Å². The van der Waals surface area contributed by atoms with E-state index in [0.29, 0.717) is 0 Å². The molecule has 0 fully saturated rings. The summed E-state index contributed by atoms with van der Waals surface area (Å²) >= 11 is 0. The van der Waals surface area contributed by atoms with Gasteiger partial charge in [-0.15, -0.1) is 0 Å². The van der Waals surface area contributed by atoms with Crippen molar-refractivity contribution < 1.29 is 40.8 Å². The zero-order valence-electron chi connectivity index (χ0n) is 19.2. The molecule has 0 aliphatic rings. The monoisotopic (exact) mass is 495 g/mol. The van der Waals surface area contributed by atoms with Gasteiger partial charge in [0.25, 0.3) is 0 Å². The summed E-state index contributed by atoms with van der Waals surface area (Å²) in [4.78, 5) is 14.2. The smallest absolute Gasteiger partial charge is 0 e. The number of rotatable bonds is 6. The van der Waals surface area contributed by atoms with Crippen molar-refractivity contribution >= 4 is 16.7 Å². The van der Waals surface area contributed by atoms with Gasteiger partial charge in [0, 0.05) is 35.0 Å². The molecule has 0 heterocycles. The number of fused-ring (bicyclic) bond motifs is 1. The molecule has 7 heteroatoms. The predicted molar refractivity (Wildman–Crippen MR) is 122 cm³/mol. The molecule has 0 aliphatic carbocycles. The molecule has 0 radical (unpaired) electrons. The molecule has 0 saturated carbocycles.